The molecule has 3 N–H and O–H groups in total. The van der Waals surface area contributed by atoms with E-state index in [0.717, 1.165) is 35.6 Å². The normalized spacial score (nSPS) is 16.1. The molecule has 0 aromatic heterocycles. The molecule has 2 aromatic carbocycles. The molecule has 1 amide bonds. The molecule has 0 aliphatic carbocycles. The Kier molecular flexibility index (Phi) is 6.89. The number of anilines is 1. The van der Waals surface area contributed by atoms with Crippen LogP contribution in [0, 0.1) is 0 Å². The Morgan fingerprint density at radius 1 is 1.21 bits per heavy atom. The van der Waals surface area contributed by atoms with E-state index in [0.29, 0.717) is 25.5 Å². The third-order valence-corrected chi connectivity index (χ3v) is 4.68. The second-order valence-electron chi connectivity index (χ2n) is 6.84. The molecule has 6 heteroatoms. The van der Waals surface area contributed by atoms with Gasteiger partial charge in [0.25, 0.3) is 0 Å². The van der Waals surface area contributed by atoms with Crippen LogP contribution in [0.1, 0.15) is 36.8 Å². The lowest BCUT2D eigenvalue weighted by Gasteiger charge is -2.26. The predicted molar refractivity (Wildman–Crippen MR) is 113 cm³/mol. The van der Waals surface area contributed by atoms with Crippen LogP contribution in [-0.2, 0) is 11.3 Å². The number of guanidine groups is 1. The first-order valence-corrected chi connectivity index (χ1v) is 9.74. The van der Waals surface area contributed by atoms with Gasteiger partial charge in [-0.15, -0.1) is 0 Å². The van der Waals surface area contributed by atoms with Crippen LogP contribution in [0.2, 0.25) is 0 Å². The van der Waals surface area contributed by atoms with Crippen molar-refractivity contribution in [3.63, 3.8) is 0 Å². The molecule has 1 atom stereocenters. The quantitative estimate of drug-likeness (QED) is 0.509. The van der Waals surface area contributed by atoms with Gasteiger partial charge in [-0.05, 0) is 35.7 Å². The highest BCUT2D eigenvalue weighted by Gasteiger charge is 2.24. The number of ether oxygens (including phenoxy) is 1. The molecule has 1 aliphatic rings. The van der Waals surface area contributed by atoms with Crippen molar-refractivity contribution in [1.29, 1.82) is 0 Å². The Balaban J connectivity index is 1.55. The number of nitrogens with zero attached hydrogens (tertiary/aromatic N) is 1. The minimum atomic E-state index is 0.0531. The number of carbonyl (C=O) groups is 1. The van der Waals surface area contributed by atoms with Crippen molar-refractivity contribution in [2.75, 3.05) is 25.5 Å². The van der Waals surface area contributed by atoms with Crippen molar-refractivity contribution in [2.45, 2.75) is 32.2 Å². The SMILES string of the molecule is CCCOc1cccc(CNC(=NC)NCC2CC(=O)Nc3ccccc32)c1. The molecular formula is C22H28N4O2. The number of fused-ring (bicyclic) bond motifs is 1. The Morgan fingerprint density at radius 3 is 2.89 bits per heavy atom. The Bertz CT molecular complexity index is 835. The number of carbonyl (C=O) groups excluding carboxylic acids is 1. The molecule has 2 aromatic rings. The third kappa shape index (κ3) is 5.25. The van der Waals surface area contributed by atoms with Gasteiger partial charge in [0.15, 0.2) is 5.96 Å². The minimum absolute atomic E-state index is 0.0531. The molecule has 1 heterocycles. The van der Waals surface area contributed by atoms with Gasteiger partial charge in [-0.1, -0.05) is 37.3 Å². The molecule has 148 valence electrons. The van der Waals surface area contributed by atoms with Crippen LogP contribution in [0.25, 0.3) is 0 Å². The van der Waals surface area contributed by atoms with Gasteiger partial charge in [-0.2, -0.15) is 0 Å². The first-order valence-electron chi connectivity index (χ1n) is 9.74. The van der Waals surface area contributed by atoms with E-state index < -0.39 is 0 Å². The minimum Gasteiger partial charge on any atom is -0.494 e. The number of benzene rings is 2. The number of aliphatic imine (C=N–C) groups is 1. The fourth-order valence-electron chi connectivity index (χ4n) is 3.28. The average molecular weight is 380 g/mol. The molecule has 0 bridgehead atoms. The number of nitrogens with one attached hydrogen (secondary N) is 3. The number of hydrogen-bond donors (Lipinski definition) is 3. The summed E-state index contributed by atoms with van der Waals surface area (Å²) in [5, 5.41) is 9.61. The van der Waals surface area contributed by atoms with E-state index in [1.54, 1.807) is 7.05 Å². The summed E-state index contributed by atoms with van der Waals surface area (Å²) in [6, 6.07) is 16.0. The average Bonchev–Trinajstić information content (AvgIpc) is 2.72. The van der Waals surface area contributed by atoms with E-state index in [2.05, 4.69) is 40.0 Å². The van der Waals surface area contributed by atoms with Crippen molar-refractivity contribution in [3.05, 3.63) is 59.7 Å². The van der Waals surface area contributed by atoms with Gasteiger partial charge in [0.1, 0.15) is 5.75 Å². The second-order valence-corrected chi connectivity index (χ2v) is 6.84. The molecule has 1 unspecified atom stereocenters. The van der Waals surface area contributed by atoms with Crippen LogP contribution in [0.4, 0.5) is 5.69 Å². The zero-order chi connectivity index (χ0) is 19.8. The number of rotatable bonds is 7. The summed E-state index contributed by atoms with van der Waals surface area (Å²) in [5.41, 5.74) is 3.18. The Morgan fingerprint density at radius 2 is 2.07 bits per heavy atom. The molecule has 1 aliphatic heterocycles. The summed E-state index contributed by atoms with van der Waals surface area (Å²) in [4.78, 5) is 16.3. The number of para-hydroxylation sites is 1. The van der Waals surface area contributed by atoms with Gasteiger partial charge in [0, 0.05) is 38.2 Å². The highest BCUT2D eigenvalue weighted by atomic mass is 16.5. The van der Waals surface area contributed by atoms with Crippen LogP contribution >= 0.6 is 0 Å². The fraction of sp³-hybridized carbons (Fsp3) is 0.364. The summed E-state index contributed by atoms with van der Waals surface area (Å²) in [6.07, 6.45) is 1.46. The van der Waals surface area contributed by atoms with Gasteiger partial charge in [0.2, 0.25) is 5.91 Å². The Hall–Kier alpha value is -3.02. The van der Waals surface area contributed by atoms with E-state index >= 15 is 0 Å². The third-order valence-electron chi connectivity index (χ3n) is 4.68. The van der Waals surface area contributed by atoms with Crippen LogP contribution in [0.15, 0.2) is 53.5 Å². The standard InChI is InChI=1S/C22H28N4O2/c1-3-11-28-18-8-6-7-16(12-18)14-24-22(23-2)25-15-17-13-21(27)26-20-10-5-4-9-19(17)20/h4-10,12,17H,3,11,13-15H2,1-2H3,(H,26,27)(H2,23,24,25). The zero-order valence-corrected chi connectivity index (χ0v) is 16.5. The lowest BCUT2D eigenvalue weighted by molar-refractivity contribution is -0.116. The summed E-state index contributed by atoms with van der Waals surface area (Å²) < 4.78 is 5.69. The summed E-state index contributed by atoms with van der Waals surface area (Å²) in [6.45, 7) is 4.10. The van der Waals surface area contributed by atoms with Crippen molar-refractivity contribution < 1.29 is 9.53 Å². The maximum atomic E-state index is 12.0. The van der Waals surface area contributed by atoms with Crippen molar-refractivity contribution in [3.8, 4) is 5.75 Å². The molecule has 0 saturated carbocycles. The molecule has 0 saturated heterocycles. The first kappa shape index (κ1) is 19.7. The molecule has 0 spiro atoms. The fourth-order valence-corrected chi connectivity index (χ4v) is 3.28. The highest BCUT2D eigenvalue weighted by Crippen LogP contribution is 2.31. The summed E-state index contributed by atoms with van der Waals surface area (Å²) in [7, 11) is 1.75. The van der Waals surface area contributed by atoms with Crippen molar-refractivity contribution in [1.82, 2.24) is 10.6 Å². The lowest BCUT2D eigenvalue weighted by Crippen LogP contribution is -2.40. The first-order chi connectivity index (χ1) is 13.7. The van der Waals surface area contributed by atoms with Gasteiger partial charge in [-0.3, -0.25) is 9.79 Å². The summed E-state index contributed by atoms with van der Waals surface area (Å²) >= 11 is 0. The maximum Gasteiger partial charge on any atom is 0.225 e. The van der Waals surface area contributed by atoms with Crippen molar-refractivity contribution >= 4 is 17.6 Å². The van der Waals surface area contributed by atoms with Gasteiger partial charge in [-0.25, -0.2) is 0 Å². The molecule has 0 fully saturated rings. The number of amides is 1. The number of hydrogen-bond acceptors (Lipinski definition) is 3. The van der Waals surface area contributed by atoms with E-state index in [1.165, 1.54) is 0 Å². The van der Waals surface area contributed by atoms with Gasteiger partial charge in [0.05, 0.1) is 6.61 Å². The predicted octanol–water partition coefficient (Wildman–Crippen LogP) is 3.27. The second kappa shape index (κ2) is 9.78. The smallest absolute Gasteiger partial charge is 0.225 e. The van der Waals surface area contributed by atoms with Crippen LogP contribution in [0.3, 0.4) is 0 Å². The Labute approximate surface area is 166 Å². The van der Waals surface area contributed by atoms with Crippen LogP contribution < -0.4 is 20.7 Å². The van der Waals surface area contributed by atoms with Gasteiger partial charge < -0.3 is 20.7 Å². The van der Waals surface area contributed by atoms with E-state index in [9.17, 15) is 4.79 Å². The van der Waals surface area contributed by atoms with E-state index in [1.807, 2.05) is 36.4 Å². The van der Waals surface area contributed by atoms with Crippen LogP contribution in [0.5, 0.6) is 5.75 Å². The highest BCUT2D eigenvalue weighted by molar-refractivity contribution is 5.94. The molecular weight excluding hydrogens is 352 g/mol. The maximum absolute atomic E-state index is 12.0. The van der Waals surface area contributed by atoms with Crippen LogP contribution in [-0.4, -0.2) is 32.1 Å². The van der Waals surface area contributed by atoms with Gasteiger partial charge >= 0.3 is 0 Å². The zero-order valence-electron chi connectivity index (χ0n) is 16.5. The van der Waals surface area contributed by atoms with Crippen molar-refractivity contribution in [2.24, 2.45) is 4.99 Å². The molecule has 6 nitrogen and oxygen atoms in total. The molecule has 0 radical (unpaired) electrons. The lowest BCUT2D eigenvalue weighted by atomic mass is 9.90. The topological polar surface area (TPSA) is 74.8 Å². The summed E-state index contributed by atoms with van der Waals surface area (Å²) in [5.74, 6) is 1.77. The monoisotopic (exact) mass is 380 g/mol. The van der Waals surface area contributed by atoms with E-state index in [-0.39, 0.29) is 11.8 Å². The largest absolute Gasteiger partial charge is 0.494 e. The molecule has 3 rings (SSSR count). The molecule has 28 heavy (non-hydrogen) atoms. The van der Waals surface area contributed by atoms with E-state index in [4.69, 9.17) is 4.74 Å².